The van der Waals surface area contributed by atoms with E-state index in [4.69, 9.17) is 4.74 Å². The molecule has 37 heavy (non-hydrogen) atoms. The third kappa shape index (κ3) is 5.49. The number of hydrogen-bond acceptors (Lipinski definition) is 8. The number of likely N-dealkylation sites (N-methyl/N-ethyl adjacent to an activating group) is 1. The first kappa shape index (κ1) is 25.3. The Bertz CT molecular complexity index is 1250. The number of carbonyl (C=O) groups excluding carboxylic acids is 1. The number of imidazole rings is 1. The van der Waals surface area contributed by atoms with Gasteiger partial charge < -0.3 is 24.8 Å². The second kappa shape index (κ2) is 10.9. The summed E-state index contributed by atoms with van der Waals surface area (Å²) in [6, 6.07) is 8.06. The van der Waals surface area contributed by atoms with Crippen LogP contribution in [0.25, 0.3) is 16.9 Å². The Morgan fingerprint density at radius 3 is 2.54 bits per heavy atom. The van der Waals surface area contributed by atoms with Crippen LogP contribution in [0.5, 0.6) is 0 Å². The quantitative estimate of drug-likeness (QED) is 0.537. The number of fused-ring (bicyclic) bond motifs is 1. The van der Waals surface area contributed by atoms with E-state index >= 15 is 0 Å². The Hall–Kier alpha value is -3.38. The van der Waals surface area contributed by atoms with Gasteiger partial charge in [0.25, 0.3) is 6.43 Å². The zero-order valence-electron chi connectivity index (χ0n) is 21.1. The van der Waals surface area contributed by atoms with Crippen molar-refractivity contribution in [3.63, 3.8) is 0 Å². The number of carbonyl (C=O) groups is 1. The number of nitrogens with one attached hydrogen (secondary N) is 1. The zero-order chi connectivity index (χ0) is 25.9. The number of rotatable bonds is 6. The van der Waals surface area contributed by atoms with Crippen LogP contribution in [0.3, 0.4) is 0 Å². The first-order valence-electron chi connectivity index (χ1n) is 12.6. The van der Waals surface area contributed by atoms with Crippen LogP contribution in [-0.2, 0) is 9.53 Å². The number of para-hydroxylation sites is 2. The van der Waals surface area contributed by atoms with Crippen molar-refractivity contribution >= 4 is 28.7 Å². The molecule has 3 aromatic rings. The van der Waals surface area contributed by atoms with E-state index in [1.54, 1.807) is 37.3 Å². The van der Waals surface area contributed by atoms with E-state index in [0.29, 0.717) is 56.2 Å². The molecule has 0 aliphatic carbocycles. The van der Waals surface area contributed by atoms with Gasteiger partial charge in [-0.2, -0.15) is 9.97 Å². The van der Waals surface area contributed by atoms with Crippen LogP contribution >= 0.6 is 0 Å². The Kier molecular flexibility index (Phi) is 7.47. The molecule has 2 aromatic heterocycles. The summed E-state index contributed by atoms with van der Waals surface area (Å²) in [5.74, 6) is 0.601. The van der Waals surface area contributed by atoms with E-state index in [9.17, 15) is 13.6 Å². The van der Waals surface area contributed by atoms with E-state index in [1.165, 1.54) is 4.57 Å². The Balaban J connectivity index is 1.51. The summed E-state index contributed by atoms with van der Waals surface area (Å²) < 4.78 is 35.0. The highest BCUT2D eigenvalue weighted by atomic mass is 19.3. The average molecular weight is 515 g/mol. The Morgan fingerprint density at radius 1 is 1.00 bits per heavy atom. The lowest BCUT2D eigenvalue weighted by Gasteiger charge is -2.29. The topological polar surface area (TPSA) is 91.6 Å². The minimum Gasteiger partial charge on any atom is -0.378 e. The highest BCUT2D eigenvalue weighted by Crippen LogP contribution is 2.29. The van der Waals surface area contributed by atoms with Gasteiger partial charge in [0.2, 0.25) is 11.9 Å². The number of morpholine rings is 1. The van der Waals surface area contributed by atoms with E-state index in [1.807, 2.05) is 9.80 Å². The number of amides is 1. The SMILES string of the molecule is C[C@H](Nc1nc(N2CCOCC2)cc(-n2c(C(F)F)nc3ccccc32)n1)C(=O)N1CCCN(C)CC1. The van der Waals surface area contributed by atoms with Crippen molar-refractivity contribution in [3.05, 3.63) is 36.2 Å². The van der Waals surface area contributed by atoms with Gasteiger partial charge >= 0.3 is 0 Å². The molecule has 1 aromatic carbocycles. The first-order chi connectivity index (χ1) is 17.9. The third-order valence-corrected chi connectivity index (χ3v) is 6.79. The summed E-state index contributed by atoms with van der Waals surface area (Å²) in [4.78, 5) is 32.7. The van der Waals surface area contributed by atoms with Crippen LogP contribution in [0.4, 0.5) is 20.5 Å². The standard InChI is InChI=1S/C25H32F2N8O2/c1-17(24(36)34-9-5-8-32(2)10-11-34)28-25-30-20(33-12-14-37-15-13-33)16-21(31-25)35-19-7-4-3-6-18(19)29-23(35)22(26)27/h3-4,6-7,16-17,22H,5,8-15H2,1-2H3,(H,28,30,31)/t17-/m0/s1. The predicted octanol–water partition coefficient (Wildman–Crippen LogP) is 2.55. The monoisotopic (exact) mass is 514 g/mol. The molecular formula is C25H32F2N8O2. The fourth-order valence-corrected chi connectivity index (χ4v) is 4.78. The number of anilines is 2. The van der Waals surface area contributed by atoms with Crippen LogP contribution < -0.4 is 10.2 Å². The number of benzene rings is 1. The molecule has 2 aliphatic rings. The molecule has 198 valence electrons. The van der Waals surface area contributed by atoms with Crippen molar-refractivity contribution in [1.29, 1.82) is 0 Å². The summed E-state index contributed by atoms with van der Waals surface area (Å²) in [6.07, 6.45) is -1.89. The summed E-state index contributed by atoms with van der Waals surface area (Å²) in [5, 5.41) is 3.14. The fraction of sp³-hybridized carbons (Fsp3) is 0.520. The number of nitrogens with zero attached hydrogens (tertiary/aromatic N) is 7. The molecule has 10 nitrogen and oxygen atoms in total. The maximum atomic E-state index is 14.1. The molecule has 0 unspecified atom stereocenters. The average Bonchev–Trinajstić information content (AvgIpc) is 3.17. The molecule has 0 spiro atoms. The number of halogens is 2. The van der Waals surface area contributed by atoms with Gasteiger partial charge in [-0.25, -0.2) is 13.8 Å². The van der Waals surface area contributed by atoms with Crippen LogP contribution in [-0.4, -0.2) is 101 Å². The molecule has 2 fully saturated rings. The number of ether oxygens (including phenoxy) is 1. The third-order valence-electron chi connectivity index (χ3n) is 6.79. The maximum absolute atomic E-state index is 14.1. The number of aromatic nitrogens is 4. The Morgan fingerprint density at radius 2 is 1.76 bits per heavy atom. The largest absolute Gasteiger partial charge is 0.378 e. The highest BCUT2D eigenvalue weighted by molar-refractivity contribution is 5.84. The van der Waals surface area contributed by atoms with E-state index < -0.39 is 18.3 Å². The van der Waals surface area contributed by atoms with Gasteiger partial charge in [-0.05, 0) is 39.1 Å². The van der Waals surface area contributed by atoms with Crippen LogP contribution in [0.2, 0.25) is 0 Å². The van der Waals surface area contributed by atoms with Crippen molar-refractivity contribution in [1.82, 2.24) is 29.3 Å². The summed E-state index contributed by atoms with van der Waals surface area (Å²) >= 11 is 0. The molecule has 0 radical (unpaired) electrons. The van der Waals surface area contributed by atoms with Crippen LogP contribution in [0.1, 0.15) is 25.6 Å². The molecule has 0 saturated carbocycles. The molecule has 0 bridgehead atoms. The van der Waals surface area contributed by atoms with E-state index in [-0.39, 0.29) is 17.7 Å². The van der Waals surface area contributed by atoms with Gasteiger partial charge in [-0.3, -0.25) is 9.36 Å². The molecule has 4 heterocycles. The van der Waals surface area contributed by atoms with Gasteiger partial charge in [-0.15, -0.1) is 0 Å². The van der Waals surface area contributed by atoms with Gasteiger partial charge in [0.05, 0.1) is 24.2 Å². The Labute approximate surface area is 214 Å². The van der Waals surface area contributed by atoms with Crippen LogP contribution in [0, 0.1) is 0 Å². The van der Waals surface area contributed by atoms with Gasteiger partial charge in [0, 0.05) is 38.8 Å². The van der Waals surface area contributed by atoms with Crippen molar-refractivity contribution in [2.45, 2.75) is 25.8 Å². The lowest BCUT2D eigenvalue weighted by atomic mass is 10.2. The summed E-state index contributed by atoms with van der Waals surface area (Å²) in [7, 11) is 2.05. The molecule has 2 aliphatic heterocycles. The number of alkyl halides is 2. The van der Waals surface area contributed by atoms with Crippen LogP contribution in [0.15, 0.2) is 30.3 Å². The van der Waals surface area contributed by atoms with Gasteiger partial charge in [0.15, 0.2) is 5.82 Å². The highest BCUT2D eigenvalue weighted by Gasteiger charge is 2.26. The smallest absolute Gasteiger partial charge is 0.296 e. The minimum atomic E-state index is -2.80. The number of hydrogen-bond donors (Lipinski definition) is 1. The van der Waals surface area contributed by atoms with E-state index in [2.05, 4.69) is 32.2 Å². The molecule has 1 N–H and O–H groups in total. The fourth-order valence-electron chi connectivity index (χ4n) is 4.78. The van der Waals surface area contributed by atoms with Gasteiger partial charge in [0.1, 0.15) is 17.7 Å². The lowest BCUT2D eigenvalue weighted by Crippen LogP contribution is -2.43. The second-order valence-corrected chi connectivity index (χ2v) is 9.45. The molecule has 1 amide bonds. The van der Waals surface area contributed by atoms with Crippen molar-refractivity contribution in [2.75, 3.05) is 69.7 Å². The van der Waals surface area contributed by atoms with Crippen molar-refractivity contribution in [2.24, 2.45) is 0 Å². The minimum absolute atomic E-state index is 0.0430. The van der Waals surface area contributed by atoms with Gasteiger partial charge in [-0.1, -0.05) is 12.1 Å². The van der Waals surface area contributed by atoms with Crippen molar-refractivity contribution < 1.29 is 18.3 Å². The maximum Gasteiger partial charge on any atom is 0.296 e. The van der Waals surface area contributed by atoms with Crippen molar-refractivity contribution in [3.8, 4) is 5.82 Å². The summed E-state index contributed by atoms with van der Waals surface area (Å²) in [5.41, 5.74) is 0.974. The molecule has 12 heteroatoms. The van der Waals surface area contributed by atoms with E-state index in [0.717, 1.165) is 19.5 Å². The first-order valence-corrected chi connectivity index (χ1v) is 12.6. The summed E-state index contributed by atoms with van der Waals surface area (Å²) in [6.45, 7) is 7.18. The molecule has 2 saturated heterocycles. The normalized spacial score (nSPS) is 18.3. The molecule has 5 rings (SSSR count). The second-order valence-electron chi connectivity index (χ2n) is 9.45. The molecule has 1 atom stereocenters. The predicted molar refractivity (Wildman–Crippen MR) is 136 cm³/mol. The lowest BCUT2D eigenvalue weighted by molar-refractivity contribution is -0.131. The zero-order valence-corrected chi connectivity index (χ0v) is 21.1. The molecular weight excluding hydrogens is 482 g/mol.